The molecule has 1 heterocycles. The van der Waals surface area contributed by atoms with Gasteiger partial charge in [-0.25, -0.2) is 15.4 Å². The van der Waals surface area contributed by atoms with E-state index in [4.69, 9.17) is 28.3 Å². The fourth-order valence-electron chi connectivity index (χ4n) is 0.829. The first-order valence-electron chi connectivity index (χ1n) is 4.11. The Balaban J connectivity index is 2.83. The van der Waals surface area contributed by atoms with Gasteiger partial charge in [0, 0.05) is 0 Å². The summed E-state index contributed by atoms with van der Waals surface area (Å²) in [7, 11) is 0. The summed E-state index contributed by atoms with van der Waals surface area (Å²) < 4.78 is 0. The number of nitrogens with one attached hydrogen (secondary N) is 2. The Morgan fingerprint density at radius 3 is 2.82 bits per heavy atom. The first kappa shape index (κ1) is 12.5. The molecule has 0 aliphatic heterocycles. The van der Waals surface area contributed by atoms with Crippen molar-refractivity contribution in [1.82, 2.24) is 20.7 Å². The molecule has 0 saturated heterocycles. The van der Waals surface area contributed by atoms with Gasteiger partial charge in [-0.15, -0.1) is 0 Å². The monoisotopic (exact) mass is 254 g/mol. The lowest BCUT2D eigenvalue weighted by molar-refractivity contribution is 0.0974. The number of nitrogens with two attached hydrogens (primary N) is 2. The highest BCUT2D eigenvalue weighted by Crippen LogP contribution is 2.16. The highest BCUT2D eigenvalue weighted by molar-refractivity contribution is 6.31. The minimum absolute atomic E-state index is 0.0690. The summed E-state index contributed by atoms with van der Waals surface area (Å²) in [4.78, 5) is 18.8. The lowest BCUT2D eigenvalue weighted by atomic mass is 10.4. The predicted octanol–water partition coefficient (Wildman–Crippen LogP) is -0.962. The van der Waals surface area contributed by atoms with Crippen LogP contribution in [-0.4, -0.2) is 22.2 Å². The minimum atomic E-state index is -0.680. The number of anilines is 2. The summed E-state index contributed by atoms with van der Waals surface area (Å²) in [6.07, 6.45) is 2.47. The van der Waals surface area contributed by atoms with Crippen molar-refractivity contribution in [1.29, 1.82) is 5.26 Å². The van der Waals surface area contributed by atoms with Gasteiger partial charge in [-0.3, -0.25) is 4.79 Å². The number of nitrogen functional groups attached to an aromatic ring is 2. The van der Waals surface area contributed by atoms with Crippen molar-refractivity contribution in [3.8, 4) is 6.19 Å². The number of carbonyl (C=O) groups excluding carboxylic acids is 1. The molecular formula is C7H7ClN8O. The molecule has 1 amide bonds. The van der Waals surface area contributed by atoms with E-state index in [0.29, 0.717) is 0 Å². The van der Waals surface area contributed by atoms with E-state index in [-0.39, 0.29) is 22.5 Å². The van der Waals surface area contributed by atoms with Crippen LogP contribution in [0.4, 0.5) is 11.6 Å². The highest BCUT2D eigenvalue weighted by Gasteiger charge is 2.14. The Labute approximate surface area is 100 Å². The molecule has 0 spiro atoms. The van der Waals surface area contributed by atoms with Gasteiger partial charge in [-0.1, -0.05) is 11.6 Å². The quantitative estimate of drug-likeness (QED) is 0.178. The molecule has 1 rings (SSSR count). The zero-order chi connectivity index (χ0) is 12.8. The molecule has 0 unspecified atom stereocenters. The third-order valence-electron chi connectivity index (χ3n) is 1.49. The second kappa shape index (κ2) is 5.47. The van der Waals surface area contributed by atoms with Gasteiger partial charge in [0.25, 0.3) is 5.91 Å². The molecule has 0 aliphatic rings. The summed E-state index contributed by atoms with van der Waals surface area (Å²) >= 11 is 5.59. The molecule has 6 N–H and O–H groups in total. The molecular weight excluding hydrogens is 248 g/mol. The van der Waals surface area contributed by atoms with Crippen molar-refractivity contribution in [3.63, 3.8) is 0 Å². The van der Waals surface area contributed by atoms with Crippen LogP contribution in [0.3, 0.4) is 0 Å². The zero-order valence-electron chi connectivity index (χ0n) is 8.31. The van der Waals surface area contributed by atoms with Gasteiger partial charge in [0.1, 0.15) is 6.34 Å². The van der Waals surface area contributed by atoms with E-state index in [9.17, 15) is 4.79 Å². The van der Waals surface area contributed by atoms with Crippen LogP contribution >= 0.6 is 11.6 Å². The minimum Gasteiger partial charge on any atom is -0.382 e. The Bertz CT molecular complexity index is 507. The number of hydrogen-bond donors (Lipinski definition) is 4. The molecule has 0 bridgehead atoms. The van der Waals surface area contributed by atoms with Gasteiger partial charge >= 0.3 is 0 Å². The van der Waals surface area contributed by atoms with E-state index in [1.54, 1.807) is 0 Å². The molecule has 0 atom stereocenters. The fourth-order valence-corrected chi connectivity index (χ4v) is 0.956. The molecule has 1 aromatic heterocycles. The molecule has 0 saturated carbocycles. The van der Waals surface area contributed by atoms with Crippen LogP contribution in [0.15, 0.2) is 5.10 Å². The van der Waals surface area contributed by atoms with E-state index in [2.05, 4.69) is 20.4 Å². The summed E-state index contributed by atoms with van der Waals surface area (Å²) in [6, 6.07) is 0. The first-order chi connectivity index (χ1) is 8.06. The van der Waals surface area contributed by atoms with Gasteiger partial charge in [0.05, 0.1) is 0 Å². The topological polar surface area (TPSA) is 155 Å². The number of carbonyl (C=O) groups is 1. The molecule has 9 nitrogen and oxygen atoms in total. The molecule has 0 aliphatic carbocycles. The van der Waals surface area contributed by atoms with E-state index in [1.165, 1.54) is 6.19 Å². The second-order valence-corrected chi connectivity index (χ2v) is 2.95. The average Bonchev–Trinajstić information content (AvgIpc) is 2.29. The number of hydrazone groups is 1. The van der Waals surface area contributed by atoms with E-state index < -0.39 is 5.91 Å². The van der Waals surface area contributed by atoms with Crippen LogP contribution in [0, 0.1) is 11.5 Å². The van der Waals surface area contributed by atoms with Crippen molar-refractivity contribution in [2.45, 2.75) is 0 Å². The van der Waals surface area contributed by atoms with Crippen LogP contribution in [0.5, 0.6) is 0 Å². The lowest BCUT2D eigenvalue weighted by Crippen LogP contribution is -2.25. The summed E-state index contributed by atoms with van der Waals surface area (Å²) in [5, 5.41) is 13.5. The van der Waals surface area contributed by atoms with Crippen LogP contribution in [0.1, 0.15) is 10.5 Å². The summed E-state index contributed by atoms with van der Waals surface area (Å²) in [6.45, 7) is 0. The third-order valence-corrected chi connectivity index (χ3v) is 1.77. The molecule has 10 heteroatoms. The molecule has 0 radical (unpaired) electrons. The normalized spacial score (nSPS) is 9.88. The Hall–Kier alpha value is -2.60. The highest BCUT2D eigenvalue weighted by atomic mass is 35.5. The average molecular weight is 255 g/mol. The standard InChI is InChI=1S/C7H7ClN8O/c8-4-6(11)16-5(10)3(15-4)7(17)12-2-14-13-1-9/h2,13H,(H4,10,11,16)(H,12,14,17). The van der Waals surface area contributed by atoms with E-state index >= 15 is 0 Å². The Morgan fingerprint density at radius 2 is 2.18 bits per heavy atom. The van der Waals surface area contributed by atoms with Gasteiger partial charge in [0.15, 0.2) is 28.7 Å². The maximum Gasteiger partial charge on any atom is 0.278 e. The molecule has 0 fully saturated rings. The van der Waals surface area contributed by atoms with Gasteiger partial charge in [0.2, 0.25) is 0 Å². The smallest absolute Gasteiger partial charge is 0.278 e. The number of nitrogens with zero attached hydrogens (tertiary/aromatic N) is 4. The third kappa shape index (κ3) is 3.18. The predicted molar refractivity (Wildman–Crippen MR) is 60.6 cm³/mol. The van der Waals surface area contributed by atoms with E-state index in [0.717, 1.165) is 6.34 Å². The van der Waals surface area contributed by atoms with Crippen LogP contribution < -0.4 is 22.2 Å². The molecule has 88 valence electrons. The van der Waals surface area contributed by atoms with Crippen molar-refractivity contribution >= 4 is 35.5 Å². The van der Waals surface area contributed by atoms with Crippen molar-refractivity contribution in [2.24, 2.45) is 5.10 Å². The van der Waals surface area contributed by atoms with Crippen LogP contribution in [0.25, 0.3) is 0 Å². The number of amides is 1. The first-order valence-corrected chi connectivity index (χ1v) is 4.49. The van der Waals surface area contributed by atoms with Gasteiger partial charge in [-0.05, 0) is 0 Å². The summed E-state index contributed by atoms with van der Waals surface area (Å²) in [5.41, 5.74) is 12.5. The van der Waals surface area contributed by atoms with Crippen molar-refractivity contribution in [3.05, 3.63) is 10.8 Å². The van der Waals surface area contributed by atoms with Crippen LogP contribution in [-0.2, 0) is 0 Å². The van der Waals surface area contributed by atoms with Crippen molar-refractivity contribution < 1.29 is 4.79 Å². The number of hydrogen-bond acceptors (Lipinski definition) is 8. The lowest BCUT2D eigenvalue weighted by Gasteiger charge is -2.04. The SMILES string of the molecule is N#CN/N=C/NC(=O)c1nc(Cl)c(N)nc1N. The maximum atomic E-state index is 11.5. The summed E-state index contributed by atoms with van der Waals surface area (Å²) in [5.74, 6) is -0.910. The number of aromatic nitrogens is 2. The number of halogens is 1. The Kier molecular flexibility index (Phi) is 4.02. The largest absolute Gasteiger partial charge is 0.382 e. The number of rotatable bonds is 3. The van der Waals surface area contributed by atoms with Gasteiger partial charge < -0.3 is 16.8 Å². The number of nitriles is 1. The van der Waals surface area contributed by atoms with Gasteiger partial charge in [-0.2, -0.15) is 10.4 Å². The molecule has 17 heavy (non-hydrogen) atoms. The fraction of sp³-hybridized carbons (Fsp3) is 0. The molecule has 0 aromatic carbocycles. The van der Waals surface area contributed by atoms with Crippen LogP contribution in [0.2, 0.25) is 5.15 Å². The second-order valence-electron chi connectivity index (χ2n) is 2.59. The molecule has 1 aromatic rings. The zero-order valence-corrected chi connectivity index (χ0v) is 9.06. The maximum absolute atomic E-state index is 11.5. The van der Waals surface area contributed by atoms with E-state index in [1.807, 2.05) is 5.43 Å². The Morgan fingerprint density at radius 1 is 1.47 bits per heavy atom. The van der Waals surface area contributed by atoms with Crippen molar-refractivity contribution in [2.75, 3.05) is 11.5 Å².